The molecule has 1 aromatic heterocycles. The van der Waals surface area contributed by atoms with Gasteiger partial charge in [0, 0.05) is 32.5 Å². The van der Waals surface area contributed by atoms with Crippen LogP contribution in [0.1, 0.15) is 39.4 Å². The van der Waals surface area contributed by atoms with Crippen LogP contribution in [0.4, 0.5) is 9.18 Å². The van der Waals surface area contributed by atoms with Crippen molar-refractivity contribution in [3.8, 4) is 0 Å². The number of carbonyl (C=O) groups is 2. The molecule has 32 heavy (non-hydrogen) atoms. The number of nitrogens with zero attached hydrogens (tertiary/aromatic N) is 3. The van der Waals surface area contributed by atoms with Gasteiger partial charge in [-0.15, -0.1) is 11.8 Å². The molecular weight excluding hydrogens is 435 g/mol. The molecule has 174 valence electrons. The molecule has 0 bridgehead atoms. The molecule has 0 saturated carbocycles. The van der Waals surface area contributed by atoms with Crippen molar-refractivity contribution in [2.24, 2.45) is 0 Å². The van der Waals surface area contributed by atoms with Crippen molar-refractivity contribution in [1.82, 2.24) is 19.8 Å². The van der Waals surface area contributed by atoms with Crippen LogP contribution in [0.15, 0.2) is 23.0 Å². The average molecular weight is 465 g/mol. The van der Waals surface area contributed by atoms with Gasteiger partial charge in [-0.1, -0.05) is 0 Å². The number of H-pyrrole nitrogens is 1. The highest BCUT2D eigenvalue weighted by Crippen LogP contribution is 2.22. The van der Waals surface area contributed by atoms with Crippen LogP contribution in [0.2, 0.25) is 0 Å². The summed E-state index contributed by atoms with van der Waals surface area (Å²) in [7, 11) is 0. The summed E-state index contributed by atoms with van der Waals surface area (Å²) in [6, 6.07) is 3.85. The molecule has 1 aliphatic heterocycles. The first-order chi connectivity index (χ1) is 15.1. The third kappa shape index (κ3) is 5.99. The first-order valence-electron chi connectivity index (χ1n) is 10.6. The monoisotopic (exact) mass is 464 g/mol. The summed E-state index contributed by atoms with van der Waals surface area (Å²) in [5, 5.41) is 0.124. The van der Waals surface area contributed by atoms with Crippen LogP contribution < -0.4 is 5.56 Å². The molecule has 1 unspecified atom stereocenters. The van der Waals surface area contributed by atoms with Crippen molar-refractivity contribution in [3.05, 3.63) is 40.2 Å². The molecule has 1 saturated heterocycles. The predicted octanol–water partition coefficient (Wildman–Crippen LogP) is 3.15. The lowest BCUT2D eigenvalue weighted by Gasteiger charge is -2.28. The number of halogens is 1. The van der Waals surface area contributed by atoms with Gasteiger partial charge in [0.1, 0.15) is 17.2 Å². The average Bonchev–Trinajstić information content (AvgIpc) is 2.94. The second-order valence-corrected chi connectivity index (χ2v) is 9.72. The van der Waals surface area contributed by atoms with Gasteiger partial charge in [-0.05, 0) is 51.6 Å². The fourth-order valence-electron chi connectivity index (χ4n) is 3.59. The first-order valence-corrected chi connectivity index (χ1v) is 11.8. The number of aromatic nitrogens is 2. The van der Waals surface area contributed by atoms with Crippen molar-refractivity contribution >= 4 is 34.7 Å². The summed E-state index contributed by atoms with van der Waals surface area (Å²) in [5.74, 6) is -0.192. The molecule has 2 amide bonds. The maximum Gasteiger partial charge on any atom is 0.410 e. The summed E-state index contributed by atoms with van der Waals surface area (Å²) >= 11 is 1.57. The molecule has 10 heteroatoms. The van der Waals surface area contributed by atoms with Gasteiger partial charge in [-0.3, -0.25) is 9.59 Å². The number of aromatic amines is 1. The van der Waals surface area contributed by atoms with Gasteiger partial charge < -0.3 is 19.5 Å². The minimum absolute atomic E-state index is 0.0541. The van der Waals surface area contributed by atoms with E-state index < -0.39 is 17.0 Å². The zero-order chi connectivity index (χ0) is 23.5. The molecule has 1 fully saturated rings. The number of carbonyl (C=O) groups excluding carboxylic acids is 2. The lowest BCUT2D eigenvalue weighted by atomic mass is 10.2. The fourth-order valence-corrected chi connectivity index (χ4v) is 4.41. The molecule has 0 radical (unpaired) electrons. The highest BCUT2D eigenvalue weighted by Gasteiger charge is 2.30. The topological polar surface area (TPSA) is 95.6 Å². The van der Waals surface area contributed by atoms with E-state index >= 15 is 0 Å². The zero-order valence-corrected chi connectivity index (χ0v) is 19.6. The number of thioether (sulfide) groups is 1. The SMILES string of the molecule is CSC1CCN(C(=O)OC(C)(C)C)CCN1C(=O)CCc1nc2ccc(F)cc2c(=O)[nH]1. The molecule has 2 heterocycles. The number of rotatable bonds is 4. The second-order valence-electron chi connectivity index (χ2n) is 8.71. The van der Waals surface area contributed by atoms with Crippen LogP contribution in [0.25, 0.3) is 10.9 Å². The maximum atomic E-state index is 13.4. The number of nitrogens with one attached hydrogen (secondary N) is 1. The Morgan fingerprint density at radius 1 is 1.28 bits per heavy atom. The Hall–Kier alpha value is -2.62. The van der Waals surface area contributed by atoms with E-state index in [0.717, 1.165) is 6.07 Å². The maximum absolute atomic E-state index is 13.4. The Morgan fingerprint density at radius 2 is 2.03 bits per heavy atom. The van der Waals surface area contributed by atoms with E-state index in [2.05, 4.69) is 9.97 Å². The van der Waals surface area contributed by atoms with Gasteiger partial charge in [-0.2, -0.15) is 0 Å². The highest BCUT2D eigenvalue weighted by atomic mass is 32.2. The molecule has 1 aliphatic rings. The van der Waals surface area contributed by atoms with Gasteiger partial charge in [0.25, 0.3) is 5.56 Å². The smallest absolute Gasteiger partial charge is 0.410 e. The van der Waals surface area contributed by atoms with Gasteiger partial charge >= 0.3 is 6.09 Å². The molecule has 8 nitrogen and oxygen atoms in total. The molecule has 2 aromatic rings. The molecule has 1 aromatic carbocycles. The van der Waals surface area contributed by atoms with Crippen molar-refractivity contribution in [3.63, 3.8) is 0 Å². The zero-order valence-electron chi connectivity index (χ0n) is 18.8. The third-order valence-electron chi connectivity index (χ3n) is 5.14. The highest BCUT2D eigenvalue weighted by molar-refractivity contribution is 7.99. The van der Waals surface area contributed by atoms with Crippen LogP contribution in [0.5, 0.6) is 0 Å². The quantitative estimate of drug-likeness (QED) is 0.747. The molecule has 1 atom stereocenters. The number of hydrogen-bond donors (Lipinski definition) is 1. The van der Waals surface area contributed by atoms with E-state index in [4.69, 9.17) is 4.74 Å². The number of aryl methyl sites for hydroxylation is 1. The van der Waals surface area contributed by atoms with Gasteiger partial charge in [-0.25, -0.2) is 14.2 Å². The van der Waals surface area contributed by atoms with E-state index in [9.17, 15) is 18.8 Å². The van der Waals surface area contributed by atoms with E-state index in [1.807, 2.05) is 27.0 Å². The Balaban J connectivity index is 1.66. The lowest BCUT2D eigenvalue weighted by Crippen LogP contribution is -2.41. The number of benzene rings is 1. The summed E-state index contributed by atoms with van der Waals surface area (Å²) < 4.78 is 18.8. The van der Waals surface area contributed by atoms with Crippen molar-refractivity contribution in [1.29, 1.82) is 0 Å². The number of fused-ring (bicyclic) bond motifs is 1. The number of amides is 2. The number of hydrogen-bond acceptors (Lipinski definition) is 6. The van der Waals surface area contributed by atoms with Crippen molar-refractivity contribution < 1.29 is 18.7 Å². The summed E-state index contributed by atoms with van der Waals surface area (Å²) in [5.41, 5.74) is -0.614. The Kier molecular flexibility index (Phi) is 7.43. The van der Waals surface area contributed by atoms with E-state index in [0.29, 0.717) is 37.4 Å². The molecule has 0 aliphatic carbocycles. The van der Waals surface area contributed by atoms with Gasteiger partial charge in [0.2, 0.25) is 5.91 Å². The van der Waals surface area contributed by atoms with Crippen LogP contribution in [-0.2, 0) is 16.0 Å². The largest absolute Gasteiger partial charge is 0.444 e. The van der Waals surface area contributed by atoms with E-state index in [1.54, 1.807) is 21.6 Å². The Labute approximate surface area is 190 Å². The fraction of sp³-hybridized carbons (Fsp3) is 0.545. The van der Waals surface area contributed by atoms with Crippen molar-refractivity contribution in [2.45, 2.75) is 51.0 Å². The summed E-state index contributed by atoms with van der Waals surface area (Å²) in [6.07, 6.45) is 2.63. The molecular formula is C22H29FN4O4S. The van der Waals surface area contributed by atoms with Crippen LogP contribution >= 0.6 is 11.8 Å². The van der Waals surface area contributed by atoms with Crippen LogP contribution in [0, 0.1) is 5.82 Å². The number of ether oxygens (including phenoxy) is 1. The summed E-state index contributed by atoms with van der Waals surface area (Å²) in [4.78, 5) is 48.1. The van der Waals surface area contributed by atoms with Gasteiger partial charge in [0.05, 0.1) is 16.3 Å². The third-order valence-corrected chi connectivity index (χ3v) is 6.17. The van der Waals surface area contributed by atoms with Crippen LogP contribution in [0.3, 0.4) is 0 Å². The Bertz CT molecular complexity index is 1050. The second kappa shape index (κ2) is 9.89. The molecule has 1 N–H and O–H groups in total. The Morgan fingerprint density at radius 3 is 2.72 bits per heavy atom. The normalized spacial score (nSPS) is 17.3. The lowest BCUT2D eigenvalue weighted by molar-refractivity contribution is -0.131. The van der Waals surface area contributed by atoms with Crippen LogP contribution in [-0.4, -0.2) is 68.6 Å². The van der Waals surface area contributed by atoms with E-state index in [1.165, 1.54) is 12.1 Å². The van der Waals surface area contributed by atoms with E-state index in [-0.39, 0.29) is 35.6 Å². The molecule has 3 rings (SSSR count). The molecule has 0 spiro atoms. The first kappa shape index (κ1) is 24.0. The van der Waals surface area contributed by atoms with Gasteiger partial charge in [0.15, 0.2) is 0 Å². The predicted molar refractivity (Wildman–Crippen MR) is 122 cm³/mol. The summed E-state index contributed by atoms with van der Waals surface area (Å²) in [6.45, 7) is 6.79. The standard InChI is InChI=1S/C22H29FN4O4S/c1-22(2,3)31-21(30)26-10-9-19(32-4)27(12-11-26)18(28)8-7-17-24-16-6-5-14(23)13-15(16)20(29)25-17/h5-6,13,19H,7-12H2,1-4H3,(H,24,25,29). The minimum atomic E-state index is -0.576. The minimum Gasteiger partial charge on any atom is -0.444 e. The van der Waals surface area contributed by atoms with Crippen molar-refractivity contribution in [2.75, 3.05) is 25.9 Å².